The van der Waals surface area contributed by atoms with Gasteiger partial charge in [0.05, 0.1) is 0 Å². The van der Waals surface area contributed by atoms with E-state index in [0.717, 1.165) is 0.417 Å². The van der Waals surface area contributed by atoms with Gasteiger partial charge in [-0.3, -0.25) is 9.13 Å². The average Bonchev–Trinajstić information content (AvgIpc) is 1.85. The van der Waals surface area contributed by atoms with Crippen LogP contribution in [0.15, 0.2) is 0 Å². The molecule has 2 unspecified atom stereocenters. The van der Waals surface area contributed by atoms with E-state index in [2.05, 4.69) is 4.31 Å². The summed E-state index contributed by atoms with van der Waals surface area (Å²) < 4.78 is 23.0. The normalized spacial score (nSPS) is 15.0. The van der Waals surface area contributed by atoms with E-state index in [9.17, 15) is 9.13 Å². The summed E-state index contributed by atoms with van der Waals surface area (Å²) in [5, 5.41) is 8.21. The second kappa shape index (κ2) is 11.4. The summed E-state index contributed by atoms with van der Waals surface area (Å²) in [5.74, 6) is 0. The van der Waals surface area contributed by atoms with Crippen molar-refractivity contribution in [2.24, 2.45) is 0 Å². The molecule has 0 aromatic carbocycles. The van der Waals surface area contributed by atoms with E-state index in [4.69, 9.17) is 14.9 Å². The van der Waals surface area contributed by atoms with Crippen LogP contribution in [0.1, 0.15) is 0 Å². The van der Waals surface area contributed by atoms with Gasteiger partial charge in [-0.2, -0.15) is 0 Å². The van der Waals surface area contributed by atoms with Crippen molar-refractivity contribution in [2.45, 2.75) is 0.417 Å². The van der Waals surface area contributed by atoms with Crippen LogP contribution in [-0.2, 0) is 13.4 Å². The molecule has 3 N–H and O–H groups in total. The zero-order valence-corrected chi connectivity index (χ0v) is 12.9. The molecule has 0 aliphatic rings. The Morgan fingerprint density at radius 2 is 1.50 bits per heavy atom. The van der Waals surface area contributed by atoms with E-state index >= 15 is 0 Å². The Bertz CT molecular complexity index is 138. The van der Waals surface area contributed by atoms with E-state index in [1.165, 1.54) is 55.9 Å². The third-order valence-corrected chi connectivity index (χ3v) is 2.67. The van der Waals surface area contributed by atoms with Gasteiger partial charge in [-0.15, -0.1) is 0 Å². The summed E-state index contributed by atoms with van der Waals surface area (Å²) in [6, 6.07) is 0. The van der Waals surface area contributed by atoms with Crippen molar-refractivity contribution in [3.63, 3.8) is 0 Å². The molecule has 0 amide bonds. The van der Waals surface area contributed by atoms with E-state index in [1.54, 1.807) is 0 Å². The van der Waals surface area contributed by atoms with Gasteiger partial charge in [-0.25, -0.2) is 4.31 Å². The van der Waals surface area contributed by atoms with Gasteiger partial charge in [0, 0.05) is 0 Å². The quantitative estimate of drug-likeness (QED) is 0.421. The van der Waals surface area contributed by atoms with Crippen LogP contribution >= 0.6 is 16.5 Å². The molecule has 0 aliphatic heterocycles. The van der Waals surface area contributed by atoms with Crippen molar-refractivity contribution in [3.8, 4) is 0 Å². The van der Waals surface area contributed by atoms with Crippen LogP contribution in [0, 0.1) is 0 Å². The van der Waals surface area contributed by atoms with E-state index in [1.807, 2.05) is 0 Å². The molecule has 0 aromatic heterocycles. The molecular weight excluding hydrogens is 228 g/mol. The molecule has 0 heterocycles. The summed E-state index contributed by atoms with van der Waals surface area (Å²) in [4.78, 5) is 15.4. The van der Waals surface area contributed by atoms with Crippen LogP contribution in [0.25, 0.3) is 0 Å². The van der Waals surface area contributed by atoms with Gasteiger partial charge in [0.2, 0.25) is 0 Å². The monoisotopic (exact) mass is 236 g/mol. The van der Waals surface area contributed by atoms with Gasteiger partial charge in [-0.05, 0) is 0 Å². The van der Waals surface area contributed by atoms with Crippen molar-refractivity contribution in [1.29, 1.82) is 0 Å². The number of aliphatic hydroxyl groups is 1. The Balaban J connectivity index is 0. The van der Waals surface area contributed by atoms with Gasteiger partial charge in [0.25, 0.3) is 0 Å². The summed E-state index contributed by atoms with van der Waals surface area (Å²) in [5.41, 5.74) is 0. The number of rotatable bonds is 3. The number of aliphatic hydroxyl groups excluding tert-OH is 1. The van der Waals surface area contributed by atoms with Crippen molar-refractivity contribution in [1.82, 2.24) is 0 Å². The molecule has 0 spiro atoms. The molecule has 10 heteroatoms. The fourth-order valence-electron chi connectivity index (χ4n) is 0.0747. The topological polar surface area (TPSA) is 104 Å². The first-order valence-corrected chi connectivity index (χ1v) is 7.98. The predicted octanol–water partition coefficient (Wildman–Crippen LogP) is -1.17. The molecule has 0 bridgehead atoms. The van der Waals surface area contributed by atoms with Gasteiger partial charge in [0.15, 0.2) is 0 Å². The molecular formula is C2H8Na2O6P2. The van der Waals surface area contributed by atoms with Crippen LogP contribution in [-0.4, -0.2) is 77.4 Å². The fourth-order valence-corrected chi connectivity index (χ4v) is 0.672. The van der Waals surface area contributed by atoms with Crippen molar-refractivity contribution in [2.75, 3.05) is 6.61 Å². The Morgan fingerprint density at radius 1 is 1.25 bits per heavy atom. The zero-order chi connectivity index (χ0) is 10.1. The van der Waals surface area contributed by atoms with Gasteiger partial charge >= 0.3 is 84.5 Å². The first-order valence-electron chi connectivity index (χ1n) is 3.14. The molecule has 64 valence electrons. The SMILES string of the molecule is O=[PH](O)O[PH](=O)O.OC[CH]([Na])[Na]. The molecule has 0 aliphatic carbocycles. The summed E-state index contributed by atoms with van der Waals surface area (Å²) >= 11 is 2.36. The van der Waals surface area contributed by atoms with E-state index < -0.39 is 16.5 Å². The first kappa shape index (κ1) is 16.7. The molecule has 0 fully saturated rings. The molecule has 12 heavy (non-hydrogen) atoms. The third-order valence-electron chi connectivity index (χ3n) is 0.540. The summed E-state index contributed by atoms with van der Waals surface area (Å²) in [6.45, 7) is 0.429. The van der Waals surface area contributed by atoms with E-state index in [0.29, 0.717) is 6.61 Å². The van der Waals surface area contributed by atoms with Crippen LogP contribution in [0.4, 0.5) is 0 Å². The molecule has 0 saturated heterocycles. The van der Waals surface area contributed by atoms with Crippen molar-refractivity contribution < 1.29 is 28.3 Å². The molecule has 0 aromatic rings. The standard InChI is InChI=1S/C2H4O.2Na.H4O5P2/c1-2-3;;;1-6(2)5-7(3)4/h1,3H,2H2;;;6-7H,(H,1,2)(H,3,4). The molecule has 0 rings (SSSR count). The second-order valence-corrected chi connectivity index (χ2v) is 10.3. The zero-order valence-electron chi connectivity index (χ0n) is 6.85. The van der Waals surface area contributed by atoms with Crippen molar-refractivity contribution >= 4 is 72.4 Å². The predicted molar refractivity (Wildman–Crippen MR) is 45.9 cm³/mol. The minimum atomic E-state index is -3.20. The number of hydrogen-bond donors (Lipinski definition) is 3. The van der Waals surface area contributed by atoms with Crippen LogP contribution in [0.2, 0.25) is 0.417 Å². The molecule has 2 atom stereocenters. The second-order valence-electron chi connectivity index (χ2n) is 2.21. The van der Waals surface area contributed by atoms with Gasteiger partial charge in [0.1, 0.15) is 0 Å². The Kier molecular flexibility index (Phi) is 15.8. The fraction of sp³-hybridized carbons (Fsp3) is 1.00. The summed E-state index contributed by atoms with van der Waals surface area (Å²) in [7, 11) is -6.40. The average molecular weight is 236 g/mol. The maximum absolute atomic E-state index is 9.44. The molecule has 0 radical (unpaired) electrons. The number of hydrogen-bond acceptors (Lipinski definition) is 4. The van der Waals surface area contributed by atoms with Crippen LogP contribution < -0.4 is 0 Å². The summed E-state index contributed by atoms with van der Waals surface area (Å²) in [6.07, 6.45) is 0. The third kappa shape index (κ3) is 22.8. The maximum atomic E-state index is 9.44. The van der Waals surface area contributed by atoms with Crippen LogP contribution in [0.5, 0.6) is 0 Å². The Labute approximate surface area is 106 Å². The van der Waals surface area contributed by atoms with E-state index in [-0.39, 0.29) is 0 Å². The Morgan fingerprint density at radius 3 is 1.50 bits per heavy atom. The molecule has 0 saturated carbocycles. The van der Waals surface area contributed by atoms with Crippen LogP contribution in [0.3, 0.4) is 0 Å². The van der Waals surface area contributed by atoms with Gasteiger partial charge in [-0.1, -0.05) is 0 Å². The molecule has 6 nitrogen and oxygen atoms in total. The Hall–Kier alpha value is 2.30. The minimum absolute atomic E-state index is 0.429. The van der Waals surface area contributed by atoms with Crippen molar-refractivity contribution in [3.05, 3.63) is 0 Å². The van der Waals surface area contributed by atoms with Gasteiger partial charge < -0.3 is 9.79 Å². The first-order chi connectivity index (χ1) is 5.40.